The van der Waals surface area contributed by atoms with E-state index in [2.05, 4.69) is 52.6 Å². The Kier molecular flexibility index (Phi) is 5.91. The molecule has 2 fully saturated rings. The molecule has 0 spiro atoms. The van der Waals surface area contributed by atoms with Gasteiger partial charge in [-0.1, -0.05) is 6.07 Å². The van der Waals surface area contributed by atoms with Crippen LogP contribution in [0.3, 0.4) is 0 Å². The molecule has 0 unspecified atom stereocenters. The quantitative estimate of drug-likeness (QED) is 0.816. The topological polar surface area (TPSA) is 42.9 Å². The first-order valence-corrected chi connectivity index (χ1v) is 9.45. The second kappa shape index (κ2) is 8.15. The van der Waals surface area contributed by atoms with Crippen LogP contribution >= 0.6 is 0 Å². The van der Waals surface area contributed by atoms with Crippen LogP contribution in [0.5, 0.6) is 0 Å². The lowest BCUT2D eigenvalue weighted by molar-refractivity contribution is -0.134. The van der Waals surface area contributed by atoms with Gasteiger partial charge in [-0.3, -0.25) is 14.6 Å². The van der Waals surface area contributed by atoms with Gasteiger partial charge in [0, 0.05) is 64.6 Å². The van der Waals surface area contributed by atoms with Crippen molar-refractivity contribution in [3.05, 3.63) is 23.9 Å². The molecule has 0 atom stereocenters. The Labute approximate surface area is 151 Å². The predicted molar refractivity (Wildman–Crippen MR) is 101 cm³/mol. The van der Waals surface area contributed by atoms with Crippen LogP contribution in [0.15, 0.2) is 18.3 Å². The molecule has 0 radical (unpaired) electrons. The van der Waals surface area contributed by atoms with E-state index in [1.807, 2.05) is 11.1 Å². The monoisotopic (exact) mass is 345 g/mol. The Hall–Kier alpha value is -1.66. The number of pyridine rings is 1. The Morgan fingerprint density at radius 1 is 1.04 bits per heavy atom. The van der Waals surface area contributed by atoms with Crippen LogP contribution in [0.4, 0.5) is 5.82 Å². The molecule has 0 saturated carbocycles. The van der Waals surface area contributed by atoms with Crippen LogP contribution in [0.25, 0.3) is 0 Å². The second-order valence-electron chi connectivity index (χ2n) is 7.47. The zero-order valence-electron chi connectivity index (χ0n) is 15.8. The normalized spacial score (nSPS) is 20.3. The Bertz CT molecular complexity index is 558. The van der Waals surface area contributed by atoms with Gasteiger partial charge in [0.05, 0.1) is 6.54 Å². The molecule has 0 bridgehead atoms. The average molecular weight is 345 g/mol. The molecule has 6 heteroatoms. The van der Waals surface area contributed by atoms with E-state index in [0.29, 0.717) is 12.6 Å². The van der Waals surface area contributed by atoms with Gasteiger partial charge in [0.25, 0.3) is 0 Å². The van der Waals surface area contributed by atoms with E-state index in [4.69, 9.17) is 0 Å². The maximum Gasteiger partial charge on any atom is 0.236 e. The number of hydrogen-bond donors (Lipinski definition) is 0. The van der Waals surface area contributed by atoms with Crippen LogP contribution in [0.1, 0.15) is 19.4 Å². The van der Waals surface area contributed by atoms with Gasteiger partial charge in [-0.2, -0.15) is 0 Å². The van der Waals surface area contributed by atoms with Crippen LogP contribution < -0.4 is 4.90 Å². The Morgan fingerprint density at radius 2 is 1.72 bits per heavy atom. The molecule has 0 aromatic carbocycles. The van der Waals surface area contributed by atoms with E-state index in [1.54, 1.807) is 0 Å². The molecule has 25 heavy (non-hydrogen) atoms. The second-order valence-corrected chi connectivity index (χ2v) is 7.47. The first-order chi connectivity index (χ1) is 12.0. The molecule has 6 nitrogen and oxygen atoms in total. The number of piperazine rings is 2. The zero-order valence-corrected chi connectivity index (χ0v) is 15.8. The Morgan fingerprint density at radius 3 is 2.28 bits per heavy atom. The van der Waals surface area contributed by atoms with Crippen molar-refractivity contribution in [1.82, 2.24) is 19.7 Å². The molecule has 138 valence electrons. The van der Waals surface area contributed by atoms with Crippen molar-refractivity contribution in [3.8, 4) is 0 Å². The summed E-state index contributed by atoms with van der Waals surface area (Å²) < 4.78 is 0. The summed E-state index contributed by atoms with van der Waals surface area (Å²) in [4.78, 5) is 26.1. The number of nitrogens with zero attached hydrogens (tertiary/aromatic N) is 5. The third-order valence-electron chi connectivity index (χ3n) is 5.35. The molecule has 1 amide bonds. The lowest BCUT2D eigenvalue weighted by Gasteiger charge is -2.39. The highest BCUT2D eigenvalue weighted by atomic mass is 16.2. The molecule has 0 aliphatic carbocycles. The van der Waals surface area contributed by atoms with Gasteiger partial charge >= 0.3 is 0 Å². The summed E-state index contributed by atoms with van der Waals surface area (Å²) in [5.74, 6) is 1.33. The highest BCUT2D eigenvalue weighted by Crippen LogP contribution is 2.14. The van der Waals surface area contributed by atoms with E-state index in [9.17, 15) is 4.79 Å². The number of carbonyl (C=O) groups is 1. The lowest BCUT2D eigenvalue weighted by Crippen LogP contribution is -2.54. The molecule has 2 saturated heterocycles. The van der Waals surface area contributed by atoms with Gasteiger partial charge in [-0.25, -0.2) is 4.98 Å². The smallest absolute Gasteiger partial charge is 0.236 e. The van der Waals surface area contributed by atoms with Gasteiger partial charge in [0.15, 0.2) is 0 Å². The average Bonchev–Trinajstić information content (AvgIpc) is 2.63. The number of carbonyl (C=O) groups excluding carboxylic acids is 1. The number of aromatic nitrogens is 1. The Balaban J connectivity index is 1.43. The van der Waals surface area contributed by atoms with Crippen molar-refractivity contribution in [3.63, 3.8) is 0 Å². The number of hydrogen-bond acceptors (Lipinski definition) is 5. The van der Waals surface area contributed by atoms with E-state index in [-0.39, 0.29) is 5.91 Å². The maximum absolute atomic E-state index is 12.6. The SMILES string of the molecule is Cc1ccc(N2CCN(CC(=O)N3CCN(C(C)C)CC3)CC2)nc1. The van der Waals surface area contributed by atoms with Gasteiger partial charge < -0.3 is 9.80 Å². The highest BCUT2D eigenvalue weighted by molar-refractivity contribution is 5.78. The number of anilines is 1. The summed E-state index contributed by atoms with van der Waals surface area (Å²) in [5.41, 5.74) is 1.19. The fourth-order valence-electron chi connectivity index (χ4n) is 3.56. The number of amides is 1. The van der Waals surface area contributed by atoms with Crippen LogP contribution in [0, 0.1) is 6.92 Å². The number of aryl methyl sites for hydroxylation is 1. The summed E-state index contributed by atoms with van der Waals surface area (Å²) in [6.07, 6.45) is 1.92. The molecule has 2 aliphatic rings. The van der Waals surface area contributed by atoms with Crippen molar-refractivity contribution in [2.24, 2.45) is 0 Å². The van der Waals surface area contributed by atoms with Crippen LogP contribution in [-0.2, 0) is 4.79 Å². The molecular formula is C19H31N5O. The zero-order chi connectivity index (χ0) is 17.8. The third-order valence-corrected chi connectivity index (χ3v) is 5.35. The van der Waals surface area contributed by atoms with Gasteiger partial charge in [0.1, 0.15) is 5.82 Å². The minimum atomic E-state index is 0.283. The maximum atomic E-state index is 12.6. The fourth-order valence-corrected chi connectivity index (χ4v) is 3.56. The predicted octanol–water partition coefficient (Wildman–Crippen LogP) is 1.06. The fraction of sp³-hybridized carbons (Fsp3) is 0.684. The molecule has 1 aromatic heterocycles. The summed E-state index contributed by atoms with van der Waals surface area (Å²) in [7, 11) is 0. The summed E-state index contributed by atoms with van der Waals surface area (Å²) >= 11 is 0. The first kappa shape index (κ1) is 18.1. The van der Waals surface area contributed by atoms with Crippen molar-refractivity contribution in [2.45, 2.75) is 26.8 Å². The summed E-state index contributed by atoms with van der Waals surface area (Å²) in [5, 5.41) is 0. The van der Waals surface area contributed by atoms with Crippen molar-refractivity contribution in [2.75, 3.05) is 63.8 Å². The van der Waals surface area contributed by atoms with Gasteiger partial charge in [-0.15, -0.1) is 0 Å². The molecule has 2 aliphatic heterocycles. The van der Waals surface area contributed by atoms with Crippen LogP contribution in [0.2, 0.25) is 0 Å². The first-order valence-electron chi connectivity index (χ1n) is 9.45. The minimum Gasteiger partial charge on any atom is -0.354 e. The number of rotatable bonds is 4. The van der Waals surface area contributed by atoms with E-state index in [0.717, 1.165) is 58.2 Å². The summed E-state index contributed by atoms with van der Waals surface area (Å²) in [6, 6.07) is 4.76. The van der Waals surface area contributed by atoms with Gasteiger partial charge in [0.2, 0.25) is 5.91 Å². The molecule has 3 rings (SSSR count). The molecule has 0 N–H and O–H groups in total. The van der Waals surface area contributed by atoms with E-state index >= 15 is 0 Å². The van der Waals surface area contributed by atoms with Gasteiger partial charge in [-0.05, 0) is 32.4 Å². The molecule has 1 aromatic rings. The van der Waals surface area contributed by atoms with Crippen LogP contribution in [-0.4, -0.2) is 90.5 Å². The van der Waals surface area contributed by atoms with E-state index in [1.165, 1.54) is 5.56 Å². The lowest BCUT2D eigenvalue weighted by atomic mass is 10.2. The molecule has 3 heterocycles. The van der Waals surface area contributed by atoms with Crippen molar-refractivity contribution in [1.29, 1.82) is 0 Å². The van der Waals surface area contributed by atoms with Crippen molar-refractivity contribution >= 4 is 11.7 Å². The largest absolute Gasteiger partial charge is 0.354 e. The standard InChI is InChI=1S/C19H31N5O/c1-16(2)22-10-12-24(13-11-22)19(25)15-21-6-8-23(9-7-21)18-5-4-17(3)14-20-18/h4-5,14,16H,6-13,15H2,1-3H3. The van der Waals surface area contributed by atoms with Crippen molar-refractivity contribution < 1.29 is 4.79 Å². The molecular weight excluding hydrogens is 314 g/mol. The minimum absolute atomic E-state index is 0.283. The third kappa shape index (κ3) is 4.70. The van der Waals surface area contributed by atoms with E-state index < -0.39 is 0 Å². The highest BCUT2D eigenvalue weighted by Gasteiger charge is 2.25. The summed E-state index contributed by atoms with van der Waals surface area (Å²) in [6.45, 7) is 14.5.